The summed E-state index contributed by atoms with van der Waals surface area (Å²) in [5, 5.41) is 10.5. The highest BCUT2D eigenvalue weighted by atomic mass is 35.5. The number of nitrogens with zero attached hydrogens (tertiary/aromatic N) is 1. The molecule has 26 heavy (non-hydrogen) atoms. The van der Waals surface area contributed by atoms with Gasteiger partial charge in [-0.3, -0.25) is 4.79 Å². The molecule has 4 rings (SSSR count). The van der Waals surface area contributed by atoms with E-state index in [-0.39, 0.29) is 16.5 Å². The quantitative estimate of drug-likeness (QED) is 0.731. The minimum Gasteiger partial charge on any atom is -0.478 e. The molecule has 0 radical (unpaired) electrons. The van der Waals surface area contributed by atoms with Crippen LogP contribution >= 0.6 is 11.6 Å². The smallest absolute Gasteiger partial charge is 0.337 e. The molecule has 2 aromatic carbocycles. The van der Waals surface area contributed by atoms with E-state index >= 15 is 0 Å². The van der Waals surface area contributed by atoms with Crippen LogP contribution in [0.5, 0.6) is 0 Å². The third-order valence-electron chi connectivity index (χ3n) is 4.95. The summed E-state index contributed by atoms with van der Waals surface area (Å²) in [5.74, 6) is -1.11. The third-order valence-corrected chi connectivity index (χ3v) is 5.25. The molecule has 1 N–H and O–H groups in total. The van der Waals surface area contributed by atoms with Gasteiger partial charge < -0.3 is 14.4 Å². The van der Waals surface area contributed by atoms with E-state index in [1.165, 1.54) is 0 Å². The molecule has 0 saturated carbocycles. The van der Waals surface area contributed by atoms with Gasteiger partial charge in [0.2, 0.25) is 0 Å². The van der Waals surface area contributed by atoms with Gasteiger partial charge in [-0.15, -0.1) is 0 Å². The Hall–Kier alpha value is -2.79. The Labute approximate surface area is 154 Å². The van der Waals surface area contributed by atoms with Crippen LogP contribution in [0, 0.1) is 6.92 Å². The van der Waals surface area contributed by atoms with E-state index in [4.69, 9.17) is 16.0 Å². The molecule has 2 heterocycles. The van der Waals surface area contributed by atoms with E-state index in [0.717, 1.165) is 16.5 Å². The van der Waals surface area contributed by atoms with Crippen LogP contribution in [0.1, 0.15) is 37.4 Å². The molecule has 0 atom stereocenters. The Morgan fingerprint density at radius 3 is 2.81 bits per heavy atom. The van der Waals surface area contributed by atoms with Crippen molar-refractivity contribution >= 4 is 34.4 Å². The maximum absolute atomic E-state index is 12.9. The van der Waals surface area contributed by atoms with Gasteiger partial charge in [-0.05, 0) is 54.3 Å². The number of fused-ring (bicyclic) bond motifs is 2. The second-order valence-corrected chi connectivity index (χ2v) is 6.86. The van der Waals surface area contributed by atoms with Gasteiger partial charge in [0.1, 0.15) is 5.58 Å². The molecule has 6 heteroatoms. The summed E-state index contributed by atoms with van der Waals surface area (Å²) in [6.07, 6.45) is 2.20. The Bertz CT molecular complexity index is 1050. The predicted molar refractivity (Wildman–Crippen MR) is 97.8 cm³/mol. The van der Waals surface area contributed by atoms with Crippen molar-refractivity contribution < 1.29 is 19.1 Å². The van der Waals surface area contributed by atoms with E-state index in [2.05, 4.69) is 0 Å². The van der Waals surface area contributed by atoms with Crippen molar-refractivity contribution in [3.05, 3.63) is 69.4 Å². The first-order valence-corrected chi connectivity index (χ1v) is 8.64. The number of aromatic carboxylic acids is 1. The average molecular weight is 370 g/mol. The summed E-state index contributed by atoms with van der Waals surface area (Å²) < 4.78 is 5.38. The van der Waals surface area contributed by atoms with Crippen molar-refractivity contribution in [2.75, 3.05) is 6.54 Å². The summed E-state index contributed by atoms with van der Waals surface area (Å²) in [5.41, 5.74) is 3.95. The van der Waals surface area contributed by atoms with Crippen LogP contribution in [0.25, 0.3) is 11.0 Å². The second-order valence-electron chi connectivity index (χ2n) is 6.45. The Balaban J connectivity index is 1.65. The molecule has 0 fully saturated rings. The summed E-state index contributed by atoms with van der Waals surface area (Å²) in [7, 11) is 0. The summed E-state index contributed by atoms with van der Waals surface area (Å²) >= 11 is 6.16. The number of carbonyl (C=O) groups is 2. The highest BCUT2D eigenvalue weighted by molar-refractivity contribution is 6.33. The molecule has 3 aromatic rings. The van der Waals surface area contributed by atoms with E-state index in [9.17, 15) is 14.7 Å². The zero-order valence-corrected chi connectivity index (χ0v) is 14.8. The predicted octanol–water partition coefficient (Wildman–Crippen LogP) is 4.29. The number of hydrogen-bond donors (Lipinski definition) is 1. The number of carboxylic acid groups (broad SMARTS) is 1. The summed E-state index contributed by atoms with van der Waals surface area (Å²) in [6, 6.07) is 8.93. The fourth-order valence-electron chi connectivity index (χ4n) is 3.61. The molecule has 1 aliphatic heterocycles. The molecule has 132 valence electrons. The zero-order chi connectivity index (χ0) is 18.4. The van der Waals surface area contributed by atoms with E-state index in [1.54, 1.807) is 36.3 Å². The van der Waals surface area contributed by atoms with E-state index < -0.39 is 5.97 Å². The van der Waals surface area contributed by atoms with Crippen LogP contribution in [0.4, 0.5) is 0 Å². The number of halogens is 1. The number of benzene rings is 2. The van der Waals surface area contributed by atoms with Crippen molar-refractivity contribution in [1.29, 1.82) is 0 Å². The SMILES string of the molecule is Cc1c2c(cc(Cl)c1C(=O)O)CN(C(=O)c1ccc3ccoc3c1)CC2. The van der Waals surface area contributed by atoms with Gasteiger partial charge in [0.05, 0.1) is 16.8 Å². The Kier molecular flexibility index (Phi) is 3.96. The minimum absolute atomic E-state index is 0.0787. The molecule has 5 nitrogen and oxygen atoms in total. The van der Waals surface area contributed by atoms with Gasteiger partial charge in [-0.2, -0.15) is 0 Å². The molecular formula is C20H16ClNO4. The largest absolute Gasteiger partial charge is 0.478 e. The fourth-order valence-corrected chi connectivity index (χ4v) is 3.96. The van der Waals surface area contributed by atoms with Gasteiger partial charge in [-0.1, -0.05) is 17.7 Å². The van der Waals surface area contributed by atoms with Crippen LogP contribution < -0.4 is 0 Å². The number of carboxylic acids is 1. The monoisotopic (exact) mass is 369 g/mol. The Morgan fingerprint density at radius 2 is 2.04 bits per heavy atom. The molecule has 0 unspecified atom stereocenters. The molecule has 0 spiro atoms. The van der Waals surface area contributed by atoms with Crippen molar-refractivity contribution in [2.45, 2.75) is 19.9 Å². The van der Waals surface area contributed by atoms with Crippen LogP contribution in [-0.4, -0.2) is 28.4 Å². The zero-order valence-electron chi connectivity index (χ0n) is 14.1. The molecule has 0 bridgehead atoms. The van der Waals surface area contributed by atoms with Gasteiger partial charge in [0.25, 0.3) is 5.91 Å². The normalized spacial score (nSPS) is 13.7. The maximum atomic E-state index is 12.9. The van der Waals surface area contributed by atoms with Gasteiger partial charge >= 0.3 is 5.97 Å². The third kappa shape index (κ3) is 2.65. The van der Waals surface area contributed by atoms with Crippen LogP contribution in [0.15, 0.2) is 41.0 Å². The van der Waals surface area contributed by atoms with Crippen molar-refractivity contribution in [3.63, 3.8) is 0 Å². The first-order valence-electron chi connectivity index (χ1n) is 8.26. The minimum atomic E-state index is -1.03. The molecule has 0 saturated heterocycles. The summed E-state index contributed by atoms with van der Waals surface area (Å²) in [6.45, 7) is 2.71. The highest BCUT2D eigenvalue weighted by Crippen LogP contribution is 2.31. The van der Waals surface area contributed by atoms with Crippen molar-refractivity contribution in [2.24, 2.45) is 0 Å². The molecule has 1 amide bonds. The number of hydrogen-bond acceptors (Lipinski definition) is 3. The molecule has 0 aliphatic carbocycles. The highest BCUT2D eigenvalue weighted by Gasteiger charge is 2.26. The number of carbonyl (C=O) groups excluding carboxylic acids is 1. The number of furan rings is 1. The van der Waals surface area contributed by atoms with Crippen LogP contribution in [0.3, 0.4) is 0 Å². The van der Waals surface area contributed by atoms with Gasteiger partial charge in [0, 0.05) is 24.0 Å². The van der Waals surface area contributed by atoms with Crippen LogP contribution in [-0.2, 0) is 13.0 Å². The topological polar surface area (TPSA) is 70.8 Å². The standard InChI is InChI=1S/C20H16ClNO4/c1-11-15-4-6-22(10-14(15)8-16(21)18(11)20(24)25)19(23)13-3-2-12-5-7-26-17(12)9-13/h2-3,5,7-9H,4,6,10H2,1H3,(H,24,25). The first-order chi connectivity index (χ1) is 12.5. The summed E-state index contributed by atoms with van der Waals surface area (Å²) in [4.78, 5) is 26.0. The van der Waals surface area contributed by atoms with Crippen molar-refractivity contribution in [3.8, 4) is 0 Å². The molecule has 1 aliphatic rings. The maximum Gasteiger partial charge on any atom is 0.337 e. The van der Waals surface area contributed by atoms with Gasteiger partial charge in [0.15, 0.2) is 0 Å². The first kappa shape index (κ1) is 16.7. The molecular weight excluding hydrogens is 354 g/mol. The van der Waals surface area contributed by atoms with E-state index in [0.29, 0.717) is 36.2 Å². The average Bonchev–Trinajstić information content (AvgIpc) is 3.07. The lowest BCUT2D eigenvalue weighted by molar-refractivity contribution is 0.0691. The van der Waals surface area contributed by atoms with Crippen LogP contribution in [0.2, 0.25) is 5.02 Å². The lowest BCUT2D eigenvalue weighted by Gasteiger charge is -2.30. The molecule has 1 aromatic heterocycles. The second kappa shape index (κ2) is 6.18. The number of rotatable bonds is 2. The number of amides is 1. The lowest BCUT2D eigenvalue weighted by atomic mass is 9.91. The van der Waals surface area contributed by atoms with Crippen molar-refractivity contribution in [1.82, 2.24) is 4.90 Å². The Morgan fingerprint density at radius 1 is 1.23 bits per heavy atom. The van der Waals surface area contributed by atoms with Gasteiger partial charge in [-0.25, -0.2) is 4.79 Å². The van der Waals surface area contributed by atoms with E-state index in [1.807, 2.05) is 12.1 Å². The fraction of sp³-hybridized carbons (Fsp3) is 0.200. The lowest BCUT2D eigenvalue weighted by Crippen LogP contribution is -2.36.